The Balaban J connectivity index is 1.89. The topological polar surface area (TPSA) is 64.4 Å². The Hall–Kier alpha value is -1.85. The van der Waals surface area contributed by atoms with Crippen molar-refractivity contribution in [3.8, 4) is 0 Å². The highest BCUT2D eigenvalue weighted by molar-refractivity contribution is 5.86. The average Bonchev–Trinajstić information content (AvgIpc) is 2.92. The van der Waals surface area contributed by atoms with E-state index in [1.54, 1.807) is 11.1 Å². The molecular formula is C12H17N3O3. The summed E-state index contributed by atoms with van der Waals surface area (Å²) in [6, 6.07) is 0. The van der Waals surface area contributed by atoms with Crippen molar-refractivity contribution in [1.82, 2.24) is 14.5 Å². The van der Waals surface area contributed by atoms with Gasteiger partial charge in [-0.25, -0.2) is 4.98 Å². The van der Waals surface area contributed by atoms with E-state index in [0.717, 1.165) is 5.82 Å². The molecule has 2 rings (SSSR count). The number of aryl methyl sites for hydroxylation is 1. The highest BCUT2D eigenvalue weighted by Crippen LogP contribution is 2.18. The van der Waals surface area contributed by atoms with Crippen molar-refractivity contribution >= 4 is 11.9 Å². The molecule has 0 radical (unpaired) electrons. The molecule has 1 amide bonds. The zero-order valence-electron chi connectivity index (χ0n) is 10.6. The van der Waals surface area contributed by atoms with Crippen LogP contribution in [0.5, 0.6) is 0 Å². The van der Waals surface area contributed by atoms with Crippen molar-refractivity contribution in [1.29, 1.82) is 0 Å². The molecule has 18 heavy (non-hydrogen) atoms. The van der Waals surface area contributed by atoms with Gasteiger partial charge in [0, 0.05) is 38.4 Å². The number of rotatable bonds is 4. The third-order valence-corrected chi connectivity index (χ3v) is 3.28. The van der Waals surface area contributed by atoms with Crippen LogP contribution in [0.3, 0.4) is 0 Å². The number of likely N-dealkylation sites (tertiary alicyclic amines) is 1. The SMILES string of the molecule is COC(=O)C1CC(=O)N(CCn2ccnc2C)C1. The van der Waals surface area contributed by atoms with Crippen LogP contribution in [-0.4, -0.2) is 46.5 Å². The number of amides is 1. The molecule has 1 aromatic rings. The second-order valence-electron chi connectivity index (χ2n) is 4.43. The van der Waals surface area contributed by atoms with Crippen LogP contribution in [-0.2, 0) is 20.9 Å². The lowest BCUT2D eigenvalue weighted by Crippen LogP contribution is -2.30. The lowest BCUT2D eigenvalue weighted by Gasteiger charge is -2.16. The van der Waals surface area contributed by atoms with Gasteiger partial charge in [0.05, 0.1) is 13.0 Å². The summed E-state index contributed by atoms with van der Waals surface area (Å²) in [5, 5.41) is 0. The fourth-order valence-electron chi connectivity index (χ4n) is 2.18. The van der Waals surface area contributed by atoms with Gasteiger partial charge in [-0.2, -0.15) is 0 Å². The van der Waals surface area contributed by atoms with E-state index in [1.807, 2.05) is 17.7 Å². The second-order valence-corrected chi connectivity index (χ2v) is 4.43. The Bertz CT molecular complexity index is 455. The summed E-state index contributed by atoms with van der Waals surface area (Å²) in [5.41, 5.74) is 0. The maximum atomic E-state index is 11.7. The average molecular weight is 251 g/mol. The monoisotopic (exact) mass is 251 g/mol. The molecule has 98 valence electrons. The van der Waals surface area contributed by atoms with E-state index in [2.05, 4.69) is 9.72 Å². The third-order valence-electron chi connectivity index (χ3n) is 3.28. The number of imidazole rings is 1. The Morgan fingerprint density at radius 1 is 1.56 bits per heavy atom. The van der Waals surface area contributed by atoms with Gasteiger partial charge in [-0.05, 0) is 6.92 Å². The summed E-state index contributed by atoms with van der Waals surface area (Å²) in [7, 11) is 1.35. The van der Waals surface area contributed by atoms with Crippen LogP contribution in [0.1, 0.15) is 12.2 Å². The van der Waals surface area contributed by atoms with Crippen LogP contribution >= 0.6 is 0 Å². The van der Waals surface area contributed by atoms with E-state index in [0.29, 0.717) is 19.6 Å². The minimum absolute atomic E-state index is 0.0168. The van der Waals surface area contributed by atoms with E-state index in [-0.39, 0.29) is 24.2 Å². The van der Waals surface area contributed by atoms with Gasteiger partial charge >= 0.3 is 5.97 Å². The van der Waals surface area contributed by atoms with Gasteiger partial charge in [-0.3, -0.25) is 9.59 Å². The molecule has 1 atom stereocenters. The molecule has 1 fully saturated rings. The molecule has 1 aliphatic heterocycles. The number of aromatic nitrogens is 2. The predicted octanol–water partition coefficient (Wildman–Crippen LogP) is 0.213. The summed E-state index contributed by atoms with van der Waals surface area (Å²) in [6.07, 6.45) is 3.88. The minimum atomic E-state index is -0.314. The number of nitrogens with zero attached hydrogens (tertiary/aromatic N) is 3. The Labute approximate surface area is 106 Å². The number of ether oxygens (including phenoxy) is 1. The van der Waals surface area contributed by atoms with E-state index in [1.165, 1.54) is 7.11 Å². The van der Waals surface area contributed by atoms with Crippen LogP contribution in [0.15, 0.2) is 12.4 Å². The lowest BCUT2D eigenvalue weighted by atomic mass is 10.1. The van der Waals surface area contributed by atoms with Crippen molar-refractivity contribution in [3.05, 3.63) is 18.2 Å². The van der Waals surface area contributed by atoms with E-state index >= 15 is 0 Å². The first-order valence-electron chi connectivity index (χ1n) is 5.95. The summed E-state index contributed by atoms with van der Waals surface area (Å²) in [5.74, 6) is 0.324. The predicted molar refractivity (Wildman–Crippen MR) is 63.7 cm³/mol. The number of carbonyl (C=O) groups is 2. The molecule has 0 N–H and O–H groups in total. The molecule has 0 bridgehead atoms. The third kappa shape index (κ3) is 2.52. The number of carbonyl (C=O) groups excluding carboxylic acids is 2. The summed E-state index contributed by atoms with van der Waals surface area (Å²) < 4.78 is 6.65. The maximum Gasteiger partial charge on any atom is 0.310 e. The van der Waals surface area contributed by atoms with Crippen LogP contribution < -0.4 is 0 Å². The normalized spacial score (nSPS) is 19.3. The first-order chi connectivity index (χ1) is 8.61. The molecule has 6 nitrogen and oxygen atoms in total. The Morgan fingerprint density at radius 3 is 2.94 bits per heavy atom. The second kappa shape index (κ2) is 5.20. The van der Waals surface area contributed by atoms with Crippen molar-refractivity contribution in [3.63, 3.8) is 0 Å². The van der Waals surface area contributed by atoms with Crippen LogP contribution in [0.25, 0.3) is 0 Å². The molecule has 1 saturated heterocycles. The van der Waals surface area contributed by atoms with E-state index < -0.39 is 0 Å². The van der Waals surface area contributed by atoms with E-state index in [4.69, 9.17) is 0 Å². The fourth-order valence-corrected chi connectivity index (χ4v) is 2.18. The highest BCUT2D eigenvalue weighted by Gasteiger charge is 2.34. The summed E-state index contributed by atoms with van der Waals surface area (Å²) in [6.45, 7) is 3.68. The van der Waals surface area contributed by atoms with Gasteiger partial charge in [-0.1, -0.05) is 0 Å². The van der Waals surface area contributed by atoms with Crippen molar-refractivity contribution < 1.29 is 14.3 Å². The zero-order chi connectivity index (χ0) is 13.1. The summed E-state index contributed by atoms with van der Waals surface area (Å²) >= 11 is 0. The molecular weight excluding hydrogens is 234 g/mol. The molecule has 6 heteroatoms. The number of esters is 1. The van der Waals surface area contributed by atoms with Gasteiger partial charge in [0.25, 0.3) is 0 Å². The van der Waals surface area contributed by atoms with Gasteiger partial charge < -0.3 is 14.2 Å². The molecule has 1 aromatic heterocycles. The molecule has 1 unspecified atom stereocenters. The van der Waals surface area contributed by atoms with Crippen molar-refractivity contribution in [2.75, 3.05) is 20.2 Å². The van der Waals surface area contributed by atoms with Gasteiger partial charge in [0.1, 0.15) is 5.82 Å². The Kier molecular flexibility index (Phi) is 3.64. The molecule has 0 aliphatic carbocycles. The number of methoxy groups -OCH3 is 1. The quantitative estimate of drug-likeness (QED) is 0.718. The molecule has 0 aromatic carbocycles. The van der Waals surface area contributed by atoms with Crippen LogP contribution in [0.4, 0.5) is 0 Å². The molecule has 1 aliphatic rings. The van der Waals surface area contributed by atoms with Gasteiger partial charge in [-0.15, -0.1) is 0 Å². The largest absolute Gasteiger partial charge is 0.469 e. The van der Waals surface area contributed by atoms with Crippen LogP contribution in [0.2, 0.25) is 0 Å². The lowest BCUT2D eigenvalue weighted by molar-refractivity contribution is -0.145. The van der Waals surface area contributed by atoms with Crippen molar-refractivity contribution in [2.45, 2.75) is 19.9 Å². The van der Waals surface area contributed by atoms with Gasteiger partial charge in [0.15, 0.2) is 0 Å². The maximum absolute atomic E-state index is 11.7. The number of hydrogen-bond acceptors (Lipinski definition) is 4. The number of hydrogen-bond donors (Lipinski definition) is 0. The molecule has 2 heterocycles. The van der Waals surface area contributed by atoms with E-state index in [9.17, 15) is 9.59 Å². The molecule has 0 saturated carbocycles. The standard InChI is InChI=1S/C12H17N3O3/c1-9-13-3-4-14(9)5-6-15-8-10(7-11(15)16)12(17)18-2/h3-4,10H,5-8H2,1-2H3. The van der Waals surface area contributed by atoms with Crippen LogP contribution in [0, 0.1) is 12.8 Å². The zero-order valence-corrected chi connectivity index (χ0v) is 10.6. The van der Waals surface area contributed by atoms with Gasteiger partial charge in [0.2, 0.25) is 5.91 Å². The Morgan fingerprint density at radius 2 is 2.33 bits per heavy atom. The van der Waals surface area contributed by atoms with Crippen molar-refractivity contribution in [2.24, 2.45) is 5.92 Å². The first kappa shape index (κ1) is 12.6. The first-order valence-corrected chi connectivity index (χ1v) is 5.95. The fraction of sp³-hybridized carbons (Fsp3) is 0.583. The summed E-state index contributed by atoms with van der Waals surface area (Å²) in [4.78, 5) is 29.0. The molecule has 0 spiro atoms. The smallest absolute Gasteiger partial charge is 0.310 e. The highest BCUT2D eigenvalue weighted by atomic mass is 16.5. The minimum Gasteiger partial charge on any atom is -0.469 e.